The Labute approximate surface area is 118 Å². The van der Waals surface area contributed by atoms with Gasteiger partial charge in [0.05, 0.1) is 5.75 Å². The lowest BCUT2D eigenvalue weighted by atomic mass is 10.1. The number of aromatic nitrogens is 1. The van der Waals surface area contributed by atoms with Gasteiger partial charge < -0.3 is 10.6 Å². The highest BCUT2D eigenvalue weighted by atomic mass is 32.2. The molecule has 2 atom stereocenters. The van der Waals surface area contributed by atoms with Gasteiger partial charge in [-0.25, -0.2) is 8.42 Å². The molecule has 2 N–H and O–H groups in total. The molecule has 2 rings (SSSR count). The zero-order valence-electron chi connectivity index (χ0n) is 11.6. The van der Waals surface area contributed by atoms with Crippen LogP contribution in [0.25, 0.3) is 0 Å². The molecule has 1 aliphatic heterocycles. The molecule has 0 bridgehead atoms. The SMILES string of the molecule is CCCS(=O)(=O)c1c(N)nsc1N1CC(C)CC1C. The van der Waals surface area contributed by atoms with Gasteiger partial charge in [0.25, 0.3) is 0 Å². The van der Waals surface area contributed by atoms with E-state index in [0.717, 1.165) is 18.0 Å². The normalized spacial score (nSPS) is 24.1. The molecule has 1 aliphatic rings. The van der Waals surface area contributed by atoms with Crippen LogP contribution in [0.15, 0.2) is 4.90 Å². The smallest absolute Gasteiger partial charge is 0.185 e. The molecule has 1 fully saturated rings. The van der Waals surface area contributed by atoms with Crippen LogP contribution < -0.4 is 10.6 Å². The fourth-order valence-electron chi connectivity index (χ4n) is 2.71. The lowest BCUT2D eigenvalue weighted by molar-refractivity contribution is 0.594. The van der Waals surface area contributed by atoms with Gasteiger partial charge in [-0.1, -0.05) is 13.8 Å². The highest BCUT2D eigenvalue weighted by Gasteiger charge is 2.34. The second kappa shape index (κ2) is 5.28. The van der Waals surface area contributed by atoms with Crippen molar-refractivity contribution in [3.8, 4) is 0 Å². The van der Waals surface area contributed by atoms with E-state index in [9.17, 15) is 8.42 Å². The van der Waals surface area contributed by atoms with Crippen LogP contribution in [-0.4, -0.2) is 31.1 Å². The molecule has 1 saturated heterocycles. The number of sulfone groups is 1. The summed E-state index contributed by atoms with van der Waals surface area (Å²) in [5, 5.41) is 0.725. The number of rotatable bonds is 4. The summed E-state index contributed by atoms with van der Waals surface area (Å²) in [4.78, 5) is 2.39. The molecule has 108 valence electrons. The molecule has 0 spiro atoms. The average molecular weight is 303 g/mol. The third-order valence-electron chi connectivity index (χ3n) is 3.49. The first kappa shape index (κ1) is 14.6. The van der Waals surface area contributed by atoms with Crippen molar-refractivity contribution in [2.24, 2.45) is 5.92 Å². The van der Waals surface area contributed by atoms with Gasteiger partial charge in [0.15, 0.2) is 15.7 Å². The van der Waals surface area contributed by atoms with Crippen LogP contribution in [0.1, 0.15) is 33.6 Å². The standard InChI is InChI=1S/C12H21N3O2S2/c1-4-5-19(16,17)10-11(13)14-18-12(10)15-7-8(2)6-9(15)3/h8-9H,4-7H2,1-3H3,(H2,13,14). The monoisotopic (exact) mass is 303 g/mol. The topological polar surface area (TPSA) is 76.3 Å². The molecular weight excluding hydrogens is 282 g/mol. The molecule has 1 aromatic heterocycles. The number of hydrogen-bond acceptors (Lipinski definition) is 6. The minimum atomic E-state index is -3.33. The maximum Gasteiger partial charge on any atom is 0.185 e. The highest BCUT2D eigenvalue weighted by Crippen LogP contribution is 2.40. The number of hydrogen-bond donors (Lipinski definition) is 1. The fraction of sp³-hybridized carbons (Fsp3) is 0.750. The summed E-state index contributed by atoms with van der Waals surface area (Å²) in [7, 11) is -3.33. The summed E-state index contributed by atoms with van der Waals surface area (Å²) in [6.07, 6.45) is 1.66. The predicted octanol–water partition coefficient (Wildman–Crippen LogP) is 2.14. The molecule has 0 aromatic carbocycles. The Kier molecular flexibility index (Phi) is 4.06. The summed E-state index contributed by atoms with van der Waals surface area (Å²) in [6, 6.07) is 0.338. The molecule has 2 unspecified atom stereocenters. The third kappa shape index (κ3) is 2.72. The van der Waals surface area contributed by atoms with Crippen LogP contribution in [0.5, 0.6) is 0 Å². The average Bonchev–Trinajstić information content (AvgIpc) is 2.81. The Balaban J connectivity index is 2.44. The van der Waals surface area contributed by atoms with Gasteiger partial charge >= 0.3 is 0 Å². The summed E-state index contributed by atoms with van der Waals surface area (Å²) in [5.74, 6) is 0.848. The number of nitrogen functional groups attached to an aromatic ring is 1. The van der Waals surface area contributed by atoms with Gasteiger partial charge in [-0.15, -0.1) is 0 Å². The first-order valence-corrected chi connectivity index (χ1v) is 9.04. The van der Waals surface area contributed by atoms with E-state index in [1.54, 1.807) is 0 Å². The Hall–Kier alpha value is -0.820. The van der Waals surface area contributed by atoms with Gasteiger partial charge in [0.2, 0.25) is 0 Å². The second-order valence-corrected chi connectivity index (χ2v) is 8.16. The van der Waals surface area contributed by atoms with Gasteiger partial charge in [-0.3, -0.25) is 0 Å². The minimum absolute atomic E-state index is 0.125. The lowest BCUT2D eigenvalue weighted by Gasteiger charge is -2.22. The number of nitrogens with zero attached hydrogens (tertiary/aromatic N) is 2. The minimum Gasteiger partial charge on any atom is -0.382 e. The number of nitrogens with two attached hydrogens (primary N) is 1. The Morgan fingerprint density at radius 2 is 2.16 bits per heavy atom. The van der Waals surface area contributed by atoms with Crippen molar-refractivity contribution in [2.45, 2.75) is 44.6 Å². The number of anilines is 2. The maximum atomic E-state index is 12.3. The van der Waals surface area contributed by atoms with Gasteiger partial charge in [0.1, 0.15) is 9.90 Å². The third-order valence-corrected chi connectivity index (χ3v) is 6.48. The van der Waals surface area contributed by atoms with Crippen molar-refractivity contribution in [3.63, 3.8) is 0 Å². The van der Waals surface area contributed by atoms with Gasteiger partial charge in [-0.05, 0) is 37.2 Å². The van der Waals surface area contributed by atoms with Crippen molar-refractivity contribution in [2.75, 3.05) is 22.9 Å². The van der Waals surface area contributed by atoms with E-state index in [2.05, 4.69) is 23.1 Å². The summed E-state index contributed by atoms with van der Waals surface area (Å²) < 4.78 is 28.7. The van der Waals surface area contributed by atoms with Crippen LogP contribution in [0.2, 0.25) is 0 Å². The van der Waals surface area contributed by atoms with Crippen molar-refractivity contribution < 1.29 is 8.42 Å². The molecule has 0 radical (unpaired) electrons. The Bertz CT molecular complexity index is 553. The van der Waals surface area contributed by atoms with Gasteiger partial charge in [-0.2, -0.15) is 4.37 Å². The zero-order chi connectivity index (χ0) is 14.2. The first-order chi connectivity index (χ1) is 8.86. The van der Waals surface area contributed by atoms with E-state index < -0.39 is 9.84 Å². The van der Waals surface area contributed by atoms with E-state index in [1.807, 2.05) is 6.92 Å². The van der Waals surface area contributed by atoms with Crippen molar-refractivity contribution in [3.05, 3.63) is 0 Å². The molecule has 19 heavy (non-hydrogen) atoms. The van der Waals surface area contributed by atoms with Crippen molar-refractivity contribution in [1.82, 2.24) is 4.37 Å². The van der Waals surface area contributed by atoms with Crippen LogP contribution >= 0.6 is 11.5 Å². The molecule has 7 heteroatoms. The molecule has 5 nitrogen and oxygen atoms in total. The van der Waals surface area contributed by atoms with Crippen LogP contribution in [0.4, 0.5) is 10.8 Å². The summed E-state index contributed by atoms with van der Waals surface area (Å²) in [5.41, 5.74) is 5.80. The van der Waals surface area contributed by atoms with E-state index in [1.165, 1.54) is 11.5 Å². The summed E-state index contributed by atoms with van der Waals surface area (Å²) in [6.45, 7) is 7.03. The fourth-order valence-corrected chi connectivity index (χ4v) is 5.58. The zero-order valence-corrected chi connectivity index (χ0v) is 13.2. The Morgan fingerprint density at radius 3 is 2.68 bits per heavy atom. The summed E-state index contributed by atoms with van der Waals surface area (Å²) >= 11 is 1.20. The quantitative estimate of drug-likeness (QED) is 0.922. The Morgan fingerprint density at radius 1 is 1.47 bits per heavy atom. The van der Waals surface area contributed by atoms with E-state index in [4.69, 9.17) is 5.73 Å². The van der Waals surface area contributed by atoms with Crippen LogP contribution in [0.3, 0.4) is 0 Å². The van der Waals surface area contributed by atoms with E-state index >= 15 is 0 Å². The molecule has 0 aliphatic carbocycles. The largest absolute Gasteiger partial charge is 0.382 e. The van der Waals surface area contributed by atoms with Crippen LogP contribution in [0, 0.1) is 5.92 Å². The van der Waals surface area contributed by atoms with E-state index in [-0.39, 0.29) is 16.5 Å². The predicted molar refractivity (Wildman–Crippen MR) is 79.5 cm³/mol. The molecule has 1 aromatic rings. The lowest BCUT2D eigenvalue weighted by Crippen LogP contribution is -2.27. The molecule has 2 heterocycles. The maximum absolute atomic E-state index is 12.3. The van der Waals surface area contributed by atoms with Crippen LogP contribution in [-0.2, 0) is 9.84 Å². The first-order valence-electron chi connectivity index (χ1n) is 6.61. The molecular formula is C12H21N3O2S2. The molecule has 0 amide bonds. The van der Waals surface area contributed by atoms with Gasteiger partial charge in [0, 0.05) is 12.6 Å². The highest BCUT2D eigenvalue weighted by molar-refractivity contribution is 7.91. The van der Waals surface area contributed by atoms with Crippen molar-refractivity contribution >= 4 is 32.2 Å². The van der Waals surface area contributed by atoms with E-state index in [0.29, 0.717) is 18.4 Å². The van der Waals surface area contributed by atoms with Crippen molar-refractivity contribution in [1.29, 1.82) is 0 Å². The molecule has 0 saturated carbocycles. The second-order valence-electron chi connectivity index (χ2n) is 5.36.